The van der Waals surface area contributed by atoms with Gasteiger partial charge in [-0.2, -0.15) is 0 Å². The number of carbonyl (C=O) groups is 2. The van der Waals surface area contributed by atoms with Gasteiger partial charge in [-0.25, -0.2) is 0 Å². The van der Waals surface area contributed by atoms with Crippen molar-refractivity contribution < 1.29 is 14.7 Å². The van der Waals surface area contributed by atoms with Crippen molar-refractivity contribution in [2.24, 2.45) is 11.3 Å². The number of carboxylic acids is 1. The van der Waals surface area contributed by atoms with Crippen LogP contribution in [0.15, 0.2) is 0 Å². The van der Waals surface area contributed by atoms with E-state index in [2.05, 4.69) is 10.6 Å². The quantitative estimate of drug-likeness (QED) is 0.628. The third kappa shape index (κ3) is 2.95. The molecule has 0 bridgehead atoms. The number of rotatable bonds is 5. The van der Waals surface area contributed by atoms with Crippen LogP contribution >= 0.6 is 0 Å². The molecule has 1 saturated heterocycles. The molecule has 1 heterocycles. The summed E-state index contributed by atoms with van der Waals surface area (Å²) in [5, 5.41) is 14.9. The molecule has 3 N–H and O–H groups in total. The normalized spacial score (nSPS) is 23.8. The lowest BCUT2D eigenvalue weighted by Crippen LogP contribution is -2.43. The summed E-state index contributed by atoms with van der Waals surface area (Å²) in [7, 11) is 0. The average Bonchev–Trinajstić information content (AvgIpc) is 2.78. The van der Waals surface area contributed by atoms with Gasteiger partial charge in [-0.05, 0) is 26.3 Å². The van der Waals surface area contributed by atoms with Crippen LogP contribution in [0, 0.1) is 11.3 Å². The molecule has 0 aliphatic carbocycles. The topological polar surface area (TPSA) is 78.4 Å². The molecule has 92 valence electrons. The Labute approximate surface area is 95.6 Å². The first-order valence-electron chi connectivity index (χ1n) is 5.71. The Kier molecular flexibility index (Phi) is 4.29. The summed E-state index contributed by atoms with van der Waals surface area (Å²) in [6.45, 7) is 5.23. The van der Waals surface area contributed by atoms with Crippen LogP contribution in [-0.4, -0.2) is 36.6 Å². The van der Waals surface area contributed by atoms with Crippen molar-refractivity contribution in [3.63, 3.8) is 0 Å². The molecular weight excluding hydrogens is 208 g/mol. The van der Waals surface area contributed by atoms with Crippen LogP contribution in [0.1, 0.15) is 26.7 Å². The molecule has 1 aliphatic heterocycles. The average molecular weight is 228 g/mol. The summed E-state index contributed by atoms with van der Waals surface area (Å²) in [5.74, 6) is -0.902. The third-order valence-corrected chi connectivity index (χ3v) is 3.38. The van der Waals surface area contributed by atoms with Gasteiger partial charge < -0.3 is 15.7 Å². The molecule has 2 unspecified atom stereocenters. The minimum Gasteiger partial charge on any atom is -0.481 e. The molecule has 0 radical (unpaired) electrons. The van der Waals surface area contributed by atoms with Crippen LogP contribution in [0.2, 0.25) is 0 Å². The van der Waals surface area contributed by atoms with E-state index in [9.17, 15) is 9.59 Å². The number of nitrogens with one attached hydrogen (secondary N) is 2. The van der Waals surface area contributed by atoms with Gasteiger partial charge in [-0.3, -0.25) is 9.59 Å². The summed E-state index contributed by atoms with van der Waals surface area (Å²) >= 11 is 0. The van der Waals surface area contributed by atoms with Crippen molar-refractivity contribution in [3.05, 3.63) is 0 Å². The lowest BCUT2D eigenvalue weighted by atomic mass is 9.87. The molecule has 1 rings (SSSR count). The molecule has 5 nitrogen and oxygen atoms in total. The van der Waals surface area contributed by atoms with Crippen LogP contribution in [0.25, 0.3) is 0 Å². The van der Waals surface area contributed by atoms with E-state index in [1.807, 2.05) is 6.92 Å². The monoisotopic (exact) mass is 228 g/mol. The van der Waals surface area contributed by atoms with Gasteiger partial charge in [0.2, 0.25) is 5.91 Å². The second-order valence-electron chi connectivity index (χ2n) is 4.63. The molecule has 16 heavy (non-hydrogen) atoms. The van der Waals surface area contributed by atoms with Crippen molar-refractivity contribution in [3.8, 4) is 0 Å². The van der Waals surface area contributed by atoms with E-state index in [4.69, 9.17) is 5.11 Å². The highest BCUT2D eigenvalue weighted by Gasteiger charge is 2.32. The van der Waals surface area contributed by atoms with Crippen LogP contribution in [0.5, 0.6) is 0 Å². The molecule has 0 aromatic heterocycles. The Morgan fingerprint density at radius 1 is 1.56 bits per heavy atom. The highest BCUT2D eigenvalue weighted by Crippen LogP contribution is 2.20. The van der Waals surface area contributed by atoms with Gasteiger partial charge in [0.15, 0.2) is 0 Å². The van der Waals surface area contributed by atoms with Crippen molar-refractivity contribution in [2.75, 3.05) is 19.6 Å². The largest absolute Gasteiger partial charge is 0.481 e. The number of aliphatic carboxylic acids is 1. The number of amides is 1. The number of carbonyl (C=O) groups excluding carboxylic acids is 1. The molecule has 0 aromatic rings. The van der Waals surface area contributed by atoms with Crippen molar-refractivity contribution in [1.29, 1.82) is 0 Å². The summed E-state index contributed by atoms with van der Waals surface area (Å²) in [4.78, 5) is 22.7. The predicted molar refractivity (Wildman–Crippen MR) is 60.0 cm³/mol. The van der Waals surface area contributed by atoms with E-state index >= 15 is 0 Å². The van der Waals surface area contributed by atoms with E-state index in [-0.39, 0.29) is 18.4 Å². The lowest BCUT2D eigenvalue weighted by Gasteiger charge is -2.24. The number of hydrogen-bond acceptors (Lipinski definition) is 3. The van der Waals surface area contributed by atoms with Gasteiger partial charge >= 0.3 is 5.97 Å². The maximum absolute atomic E-state index is 11.7. The SMILES string of the molecule is CCC(C)(CNC(=O)C1CCNC1)C(=O)O. The molecular formula is C11H20N2O3. The zero-order valence-corrected chi connectivity index (χ0v) is 9.88. The Morgan fingerprint density at radius 3 is 2.69 bits per heavy atom. The maximum Gasteiger partial charge on any atom is 0.311 e. The van der Waals surface area contributed by atoms with Crippen LogP contribution in [0.4, 0.5) is 0 Å². The van der Waals surface area contributed by atoms with Crippen LogP contribution in [0.3, 0.4) is 0 Å². The molecule has 0 saturated carbocycles. The Bertz CT molecular complexity index is 274. The summed E-state index contributed by atoms with van der Waals surface area (Å²) < 4.78 is 0. The highest BCUT2D eigenvalue weighted by molar-refractivity contribution is 5.81. The van der Waals surface area contributed by atoms with Crippen LogP contribution < -0.4 is 10.6 Å². The standard InChI is InChI=1S/C11H20N2O3/c1-3-11(2,10(15)16)7-13-9(14)8-4-5-12-6-8/h8,12H,3-7H2,1-2H3,(H,13,14)(H,15,16). The molecule has 1 aliphatic rings. The van der Waals surface area contributed by atoms with Gasteiger partial charge in [0.25, 0.3) is 0 Å². The fraction of sp³-hybridized carbons (Fsp3) is 0.818. The van der Waals surface area contributed by atoms with E-state index in [1.165, 1.54) is 0 Å². The van der Waals surface area contributed by atoms with Crippen molar-refractivity contribution in [1.82, 2.24) is 10.6 Å². The summed E-state index contributed by atoms with van der Waals surface area (Å²) in [6.07, 6.45) is 1.34. The highest BCUT2D eigenvalue weighted by atomic mass is 16.4. The Hall–Kier alpha value is -1.10. The first-order chi connectivity index (χ1) is 7.49. The zero-order chi connectivity index (χ0) is 12.2. The molecule has 1 amide bonds. The molecule has 1 fully saturated rings. The third-order valence-electron chi connectivity index (χ3n) is 3.38. The van der Waals surface area contributed by atoms with E-state index in [0.717, 1.165) is 13.0 Å². The van der Waals surface area contributed by atoms with Crippen molar-refractivity contribution in [2.45, 2.75) is 26.7 Å². The fourth-order valence-corrected chi connectivity index (χ4v) is 1.66. The first kappa shape index (κ1) is 13.0. The minimum absolute atomic E-state index is 0.00472. The van der Waals surface area contributed by atoms with Gasteiger partial charge in [-0.15, -0.1) is 0 Å². The van der Waals surface area contributed by atoms with Gasteiger partial charge in [0.05, 0.1) is 11.3 Å². The maximum atomic E-state index is 11.7. The Morgan fingerprint density at radius 2 is 2.25 bits per heavy atom. The van der Waals surface area contributed by atoms with Crippen molar-refractivity contribution >= 4 is 11.9 Å². The molecule has 5 heteroatoms. The second kappa shape index (κ2) is 5.30. The molecule has 0 aromatic carbocycles. The van der Waals surface area contributed by atoms with Gasteiger partial charge in [0, 0.05) is 13.1 Å². The lowest BCUT2D eigenvalue weighted by molar-refractivity contribution is -0.148. The van der Waals surface area contributed by atoms with Gasteiger partial charge in [-0.1, -0.05) is 6.92 Å². The predicted octanol–water partition coefficient (Wildman–Crippen LogP) is 0.213. The van der Waals surface area contributed by atoms with E-state index in [1.54, 1.807) is 6.92 Å². The molecule has 0 spiro atoms. The summed E-state index contributed by atoms with van der Waals surface area (Å²) in [6, 6.07) is 0. The van der Waals surface area contributed by atoms with Crippen LogP contribution in [-0.2, 0) is 9.59 Å². The second-order valence-corrected chi connectivity index (χ2v) is 4.63. The minimum atomic E-state index is -0.861. The molecule has 2 atom stereocenters. The fourth-order valence-electron chi connectivity index (χ4n) is 1.66. The smallest absolute Gasteiger partial charge is 0.311 e. The first-order valence-corrected chi connectivity index (χ1v) is 5.71. The number of carboxylic acid groups (broad SMARTS) is 1. The van der Waals surface area contributed by atoms with E-state index < -0.39 is 11.4 Å². The van der Waals surface area contributed by atoms with Gasteiger partial charge in [0.1, 0.15) is 0 Å². The Balaban J connectivity index is 2.43. The zero-order valence-electron chi connectivity index (χ0n) is 9.88. The summed E-state index contributed by atoms with van der Waals surface area (Å²) in [5.41, 5.74) is -0.859. The van der Waals surface area contributed by atoms with E-state index in [0.29, 0.717) is 13.0 Å². The number of hydrogen-bond donors (Lipinski definition) is 3.